The van der Waals surface area contributed by atoms with Gasteiger partial charge in [-0.05, 0) is 59.4 Å². The van der Waals surface area contributed by atoms with Crippen LogP contribution in [0, 0.1) is 6.92 Å². The maximum absolute atomic E-state index is 12.7. The Kier molecular flexibility index (Phi) is 7.62. The van der Waals surface area contributed by atoms with Gasteiger partial charge in [-0.2, -0.15) is 0 Å². The fourth-order valence-electron chi connectivity index (χ4n) is 4.85. The SMILES string of the molecule is CN=C(NCc1oc2ccccc2c1C)NC1CC2CCC(C1)N2C(=O)OC(C)(C)C.I. The summed E-state index contributed by atoms with van der Waals surface area (Å²) in [5.41, 5.74) is 1.60. The summed E-state index contributed by atoms with van der Waals surface area (Å²) in [6.07, 6.45) is 3.69. The Bertz CT molecular complexity index is 967. The number of benzene rings is 1. The standard InChI is InChI=1S/C24H34N4O3.HI/c1-15-19-8-6-7-9-20(19)30-21(15)14-26-22(25-5)27-16-12-17-10-11-18(13-16)28(17)23(29)31-24(2,3)4;/h6-9,16-18H,10-14H2,1-5H3,(H2,25,26,27);1H. The van der Waals surface area contributed by atoms with Gasteiger partial charge in [0.1, 0.15) is 16.9 Å². The molecule has 2 aromatic rings. The number of nitrogens with one attached hydrogen (secondary N) is 2. The predicted molar refractivity (Wildman–Crippen MR) is 138 cm³/mol. The summed E-state index contributed by atoms with van der Waals surface area (Å²) in [5, 5.41) is 8.09. The van der Waals surface area contributed by atoms with Crippen molar-refractivity contribution in [3.05, 3.63) is 35.6 Å². The van der Waals surface area contributed by atoms with Gasteiger partial charge < -0.3 is 24.7 Å². The number of aliphatic imine (C=N–C) groups is 1. The van der Waals surface area contributed by atoms with Gasteiger partial charge >= 0.3 is 6.09 Å². The molecule has 2 aliphatic heterocycles. The first-order valence-corrected chi connectivity index (χ1v) is 11.2. The van der Waals surface area contributed by atoms with Crippen LogP contribution in [0.2, 0.25) is 0 Å². The maximum Gasteiger partial charge on any atom is 0.410 e. The van der Waals surface area contributed by atoms with Gasteiger partial charge in [0.2, 0.25) is 0 Å². The second-order valence-corrected chi connectivity index (χ2v) is 9.66. The summed E-state index contributed by atoms with van der Waals surface area (Å²) >= 11 is 0. The number of hydrogen-bond donors (Lipinski definition) is 2. The summed E-state index contributed by atoms with van der Waals surface area (Å²) in [7, 11) is 1.78. The second-order valence-electron chi connectivity index (χ2n) is 9.66. The molecule has 0 aliphatic carbocycles. The molecule has 1 aromatic heterocycles. The van der Waals surface area contributed by atoms with E-state index in [1.807, 2.05) is 43.9 Å². The molecule has 1 amide bonds. The molecule has 32 heavy (non-hydrogen) atoms. The minimum absolute atomic E-state index is 0. The molecule has 2 aliphatic rings. The van der Waals surface area contributed by atoms with Gasteiger partial charge in [-0.3, -0.25) is 4.99 Å². The number of nitrogens with zero attached hydrogens (tertiary/aromatic N) is 2. The highest BCUT2D eigenvalue weighted by Gasteiger charge is 2.45. The fourth-order valence-corrected chi connectivity index (χ4v) is 4.85. The topological polar surface area (TPSA) is 79.1 Å². The summed E-state index contributed by atoms with van der Waals surface area (Å²) in [6, 6.07) is 8.82. The van der Waals surface area contributed by atoms with Crippen molar-refractivity contribution in [3.8, 4) is 0 Å². The fraction of sp³-hybridized carbons (Fsp3) is 0.583. The molecule has 2 N–H and O–H groups in total. The molecule has 2 bridgehead atoms. The Labute approximate surface area is 207 Å². The van der Waals surface area contributed by atoms with Crippen LogP contribution < -0.4 is 10.6 Å². The van der Waals surface area contributed by atoms with Crippen molar-refractivity contribution >= 4 is 47.0 Å². The first kappa shape index (κ1) is 24.7. The Morgan fingerprint density at radius 1 is 1.22 bits per heavy atom. The lowest BCUT2D eigenvalue weighted by Crippen LogP contribution is -2.54. The van der Waals surface area contributed by atoms with Crippen LogP contribution >= 0.6 is 24.0 Å². The lowest BCUT2D eigenvalue weighted by Gasteiger charge is -2.40. The first-order valence-electron chi connectivity index (χ1n) is 11.2. The molecular formula is C24H35IN4O3. The number of guanidine groups is 1. The summed E-state index contributed by atoms with van der Waals surface area (Å²) in [4.78, 5) is 19.0. The van der Waals surface area contributed by atoms with Crippen molar-refractivity contribution in [2.75, 3.05) is 7.05 Å². The average molecular weight is 554 g/mol. The van der Waals surface area contributed by atoms with Gasteiger partial charge in [0.05, 0.1) is 6.54 Å². The number of fused-ring (bicyclic) bond motifs is 3. The predicted octanol–water partition coefficient (Wildman–Crippen LogP) is 4.95. The molecular weight excluding hydrogens is 519 g/mol. The first-order chi connectivity index (χ1) is 14.7. The molecule has 4 rings (SSSR count). The van der Waals surface area contributed by atoms with Gasteiger partial charge in [0.15, 0.2) is 5.96 Å². The third kappa shape index (κ3) is 5.32. The Balaban J connectivity index is 0.00000289. The quantitative estimate of drug-likeness (QED) is 0.319. The highest BCUT2D eigenvalue weighted by molar-refractivity contribution is 14.0. The van der Waals surface area contributed by atoms with E-state index in [0.29, 0.717) is 6.54 Å². The molecule has 0 radical (unpaired) electrons. The van der Waals surface area contributed by atoms with E-state index in [9.17, 15) is 4.79 Å². The van der Waals surface area contributed by atoms with Gasteiger partial charge in [0, 0.05) is 36.1 Å². The number of ether oxygens (including phenoxy) is 1. The molecule has 176 valence electrons. The van der Waals surface area contributed by atoms with Crippen LogP contribution in [0.1, 0.15) is 57.8 Å². The van der Waals surface area contributed by atoms with E-state index in [1.54, 1.807) is 7.05 Å². The number of carbonyl (C=O) groups excluding carboxylic acids is 1. The maximum atomic E-state index is 12.7. The Morgan fingerprint density at radius 3 is 2.47 bits per heavy atom. The molecule has 8 heteroatoms. The van der Waals surface area contributed by atoms with Crippen molar-refractivity contribution in [1.82, 2.24) is 15.5 Å². The van der Waals surface area contributed by atoms with Crippen LogP contribution in [0.25, 0.3) is 11.0 Å². The van der Waals surface area contributed by atoms with Crippen LogP contribution in [-0.2, 0) is 11.3 Å². The Morgan fingerprint density at radius 2 is 1.88 bits per heavy atom. The molecule has 2 unspecified atom stereocenters. The molecule has 0 saturated carbocycles. The van der Waals surface area contributed by atoms with Crippen LogP contribution in [0.4, 0.5) is 4.79 Å². The average Bonchev–Trinajstić information content (AvgIpc) is 3.18. The zero-order valence-electron chi connectivity index (χ0n) is 19.6. The number of rotatable bonds is 3. The molecule has 0 spiro atoms. The normalized spacial score (nSPS) is 23.1. The van der Waals surface area contributed by atoms with E-state index in [-0.39, 0.29) is 48.2 Å². The second kappa shape index (κ2) is 9.89. The molecule has 3 heterocycles. The number of hydrogen-bond acceptors (Lipinski definition) is 4. The van der Waals surface area contributed by atoms with Crippen molar-refractivity contribution in [2.24, 2.45) is 4.99 Å². The molecule has 2 fully saturated rings. The van der Waals surface area contributed by atoms with Crippen LogP contribution in [0.5, 0.6) is 0 Å². The molecule has 7 nitrogen and oxygen atoms in total. The summed E-state index contributed by atoms with van der Waals surface area (Å²) in [5.74, 6) is 1.68. The zero-order valence-corrected chi connectivity index (χ0v) is 21.9. The summed E-state index contributed by atoms with van der Waals surface area (Å²) < 4.78 is 11.6. The number of amides is 1. The van der Waals surface area contributed by atoms with E-state index < -0.39 is 5.60 Å². The van der Waals surface area contributed by atoms with E-state index in [1.165, 1.54) is 0 Å². The minimum Gasteiger partial charge on any atom is -0.459 e. The smallest absolute Gasteiger partial charge is 0.410 e. The Hall–Kier alpha value is -1.97. The number of furan rings is 1. The van der Waals surface area contributed by atoms with Crippen molar-refractivity contribution in [1.29, 1.82) is 0 Å². The largest absolute Gasteiger partial charge is 0.459 e. The molecule has 2 atom stereocenters. The number of halogens is 1. The van der Waals surface area contributed by atoms with E-state index in [4.69, 9.17) is 9.15 Å². The monoisotopic (exact) mass is 554 g/mol. The lowest BCUT2D eigenvalue weighted by molar-refractivity contribution is 0.00544. The lowest BCUT2D eigenvalue weighted by atomic mass is 9.98. The number of para-hydroxylation sites is 1. The van der Waals surface area contributed by atoms with Gasteiger partial charge in [-0.15, -0.1) is 24.0 Å². The van der Waals surface area contributed by atoms with Crippen LogP contribution in [0.15, 0.2) is 33.7 Å². The van der Waals surface area contributed by atoms with E-state index >= 15 is 0 Å². The van der Waals surface area contributed by atoms with Crippen LogP contribution in [0.3, 0.4) is 0 Å². The third-order valence-electron chi connectivity index (χ3n) is 6.26. The molecule has 1 aromatic carbocycles. The molecule has 2 saturated heterocycles. The van der Waals surface area contributed by atoms with Gasteiger partial charge in [-0.1, -0.05) is 18.2 Å². The summed E-state index contributed by atoms with van der Waals surface area (Å²) in [6.45, 7) is 8.41. The highest BCUT2D eigenvalue weighted by Crippen LogP contribution is 2.36. The zero-order chi connectivity index (χ0) is 22.2. The van der Waals surface area contributed by atoms with Crippen molar-refractivity contribution in [3.63, 3.8) is 0 Å². The third-order valence-corrected chi connectivity index (χ3v) is 6.26. The highest BCUT2D eigenvalue weighted by atomic mass is 127. The van der Waals surface area contributed by atoms with Gasteiger partial charge in [0.25, 0.3) is 0 Å². The van der Waals surface area contributed by atoms with Crippen molar-refractivity contribution in [2.45, 2.75) is 83.6 Å². The number of piperidine rings is 1. The van der Waals surface area contributed by atoms with Gasteiger partial charge in [-0.25, -0.2) is 4.79 Å². The number of aryl methyl sites for hydroxylation is 1. The minimum atomic E-state index is -0.466. The number of carbonyl (C=O) groups is 1. The van der Waals surface area contributed by atoms with E-state index in [2.05, 4.69) is 28.6 Å². The van der Waals surface area contributed by atoms with E-state index in [0.717, 1.165) is 53.9 Å². The van der Waals surface area contributed by atoms with Crippen LogP contribution in [-0.4, -0.2) is 47.7 Å². The van der Waals surface area contributed by atoms with Crippen molar-refractivity contribution < 1.29 is 13.9 Å².